The van der Waals surface area contributed by atoms with Crippen molar-refractivity contribution in [3.8, 4) is 0 Å². The Labute approximate surface area is 195 Å². The number of hydrogen-bond acceptors (Lipinski definition) is 13. The zero-order valence-corrected chi connectivity index (χ0v) is 19.7. The number of carbonyl (C=O) groups is 5. The number of carbonyl (C=O) groups excluding carboxylic acids is 5. The van der Waals surface area contributed by atoms with Gasteiger partial charge in [-0.1, -0.05) is 0 Å². The van der Waals surface area contributed by atoms with Crippen LogP contribution in [0.15, 0.2) is 0 Å². The maximum absolute atomic E-state index is 11.9. The molecule has 0 unspecified atom stereocenters. The summed E-state index contributed by atoms with van der Waals surface area (Å²) in [5, 5.41) is 2.23. The zero-order chi connectivity index (χ0) is 26.1. The molecule has 0 radical (unpaired) electrons. The van der Waals surface area contributed by atoms with E-state index in [2.05, 4.69) is 5.32 Å². The molecule has 0 aliphatic carbocycles. The van der Waals surface area contributed by atoms with E-state index >= 15 is 0 Å². The lowest BCUT2D eigenvalue weighted by Crippen LogP contribution is -2.63. The van der Waals surface area contributed by atoms with Crippen LogP contribution in [-0.2, 0) is 57.7 Å². The van der Waals surface area contributed by atoms with Crippen molar-refractivity contribution >= 4 is 40.1 Å². The van der Waals surface area contributed by atoms with E-state index < -0.39 is 83.2 Å². The summed E-state index contributed by atoms with van der Waals surface area (Å²) in [6.07, 6.45) is -8.51. The second kappa shape index (κ2) is 13.0. The second-order valence-corrected chi connectivity index (χ2v) is 8.61. The lowest BCUT2D eigenvalue weighted by molar-refractivity contribution is -0.299. The van der Waals surface area contributed by atoms with Gasteiger partial charge in [0.25, 0.3) is 10.1 Å². The fraction of sp³-hybridized carbons (Fsp3) is 0.722. The molecule has 1 amide bonds. The van der Waals surface area contributed by atoms with Crippen LogP contribution in [0, 0.1) is 0 Å². The van der Waals surface area contributed by atoms with Crippen molar-refractivity contribution in [2.75, 3.05) is 18.9 Å². The number of hydrogen-bond donors (Lipinski definition) is 2. The van der Waals surface area contributed by atoms with Crippen molar-refractivity contribution < 1.29 is 65.4 Å². The Hall–Kier alpha value is -2.98. The number of amides is 1. The Bertz CT molecular complexity index is 872. The summed E-state index contributed by atoms with van der Waals surface area (Å²) in [5.41, 5.74) is 0. The molecule has 5 atom stereocenters. The van der Waals surface area contributed by atoms with Gasteiger partial charge in [0, 0.05) is 34.2 Å². The van der Waals surface area contributed by atoms with Gasteiger partial charge >= 0.3 is 30.0 Å². The summed E-state index contributed by atoms with van der Waals surface area (Å²) < 4.78 is 61.0. The molecule has 0 aromatic carbocycles. The van der Waals surface area contributed by atoms with E-state index in [1.165, 1.54) is 0 Å². The monoisotopic (exact) mass is 513 g/mol. The fourth-order valence-corrected chi connectivity index (χ4v) is 3.41. The number of esters is 4. The molecule has 194 valence electrons. The lowest BCUT2D eigenvalue weighted by Gasteiger charge is -2.43. The molecule has 15 nitrogen and oxygen atoms in total. The van der Waals surface area contributed by atoms with Crippen LogP contribution in [0.3, 0.4) is 0 Å². The summed E-state index contributed by atoms with van der Waals surface area (Å²) in [5.74, 6) is -3.95. The van der Waals surface area contributed by atoms with E-state index in [0.717, 1.165) is 27.7 Å². The standard InChI is InChI=1S/C18H27NO14S/c1-9(20)29-14-13(8-28-18(24)19-6-5-7-34(25,26)27)33-17(32-12(4)23)16(31-11(3)22)15(14)30-10(2)21/h13-17H,5-8H2,1-4H3,(H,19,24)(H,25,26,27)/t13-,14-,15+,16-,17+/m1/s1. The van der Waals surface area contributed by atoms with Crippen LogP contribution in [0.1, 0.15) is 34.1 Å². The van der Waals surface area contributed by atoms with E-state index in [9.17, 15) is 32.4 Å². The van der Waals surface area contributed by atoms with Crippen LogP contribution in [-0.4, -0.2) is 92.6 Å². The average molecular weight is 513 g/mol. The number of rotatable bonds is 10. The molecule has 0 aromatic heterocycles. The summed E-state index contributed by atoms with van der Waals surface area (Å²) in [6.45, 7) is 3.40. The van der Waals surface area contributed by atoms with Gasteiger partial charge in [0.2, 0.25) is 12.4 Å². The largest absolute Gasteiger partial charge is 0.455 e. The summed E-state index contributed by atoms with van der Waals surface area (Å²) in [6, 6.07) is 0. The van der Waals surface area contributed by atoms with Crippen LogP contribution in [0.2, 0.25) is 0 Å². The van der Waals surface area contributed by atoms with E-state index in [-0.39, 0.29) is 13.0 Å². The Morgan fingerprint density at radius 3 is 1.82 bits per heavy atom. The van der Waals surface area contributed by atoms with Crippen molar-refractivity contribution in [1.29, 1.82) is 0 Å². The average Bonchev–Trinajstić information content (AvgIpc) is 2.66. The SMILES string of the molecule is CC(=O)O[C@H]1O[C@H](COC(=O)NCCCS(=O)(=O)O)[C@@H](OC(C)=O)[C@H](OC(C)=O)[C@H]1OC(C)=O. The third kappa shape index (κ3) is 10.8. The third-order valence-electron chi connectivity index (χ3n) is 4.01. The molecule has 16 heteroatoms. The maximum Gasteiger partial charge on any atom is 0.407 e. The van der Waals surface area contributed by atoms with Crippen molar-refractivity contribution in [3.63, 3.8) is 0 Å². The molecule has 1 aliphatic heterocycles. The number of nitrogens with one attached hydrogen (secondary N) is 1. The van der Waals surface area contributed by atoms with Gasteiger partial charge < -0.3 is 33.7 Å². The summed E-state index contributed by atoms with van der Waals surface area (Å²) in [4.78, 5) is 58.4. The molecule has 1 heterocycles. The fourth-order valence-electron chi connectivity index (χ4n) is 2.90. The normalized spacial score (nSPS) is 24.3. The smallest absolute Gasteiger partial charge is 0.407 e. The third-order valence-corrected chi connectivity index (χ3v) is 4.81. The van der Waals surface area contributed by atoms with Gasteiger partial charge in [-0.25, -0.2) is 4.79 Å². The summed E-state index contributed by atoms with van der Waals surface area (Å²) >= 11 is 0. The Morgan fingerprint density at radius 1 is 0.824 bits per heavy atom. The van der Waals surface area contributed by atoms with Crippen molar-refractivity contribution in [1.82, 2.24) is 5.32 Å². The highest BCUT2D eigenvalue weighted by Gasteiger charge is 2.53. The van der Waals surface area contributed by atoms with Crippen LogP contribution in [0.25, 0.3) is 0 Å². The molecular formula is C18H27NO14S. The van der Waals surface area contributed by atoms with Gasteiger partial charge in [-0.2, -0.15) is 8.42 Å². The van der Waals surface area contributed by atoms with Gasteiger partial charge in [0.15, 0.2) is 12.2 Å². The van der Waals surface area contributed by atoms with Crippen LogP contribution >= 0.6 is 0 Å². The highest BCUT2D eigenvalue weighted by atomic mass is 32.2. The van der Waals surface area contributed by atoms with Crippen molar-refractivity contribution in [3.05, 3.63) is 0 Å². The minimum atomic E-state index is -4.20. The maximum atomic E-state index is 11.9. The van der Waals surface area contributed by atoms with Crippen molar-refractivity contribution in [2.24, 2.45) is 0 Å². The molecule has 0 spiro atoms. The van der Waals surface area contributed by atoms with Crippen LogP contribution < -0.4 is 5.32 Å². The topological polar surface area (TPSA) is 207 Å². The molecule has 0 bridgehead atoms. The predicted octanol–water partition coefficient (Wildman–Crippen LogP) is -0.926. The minimum Gasteiger partial charge on any atom is -0.455 e. The van der Waals surface area contributed by atoms with Gasteiger partial charge in [0.1, 0.15) is 12.7 Å². The first-order valence-electron chi connectivity index (χ1n) is 9.89. The Balaban J connectivity index is 3.04. The lowest BCUT2D eigenvalue weighted by atomic mass is 9.98. The van der Waals surface area contributed by atoms with E-state index in [1.54, 1.807) is 0 Å². The summed E-state index contributed by atoms with van der Waals surface area (Å²) in [7, 11) is -4.20. The predicted molar refractivity (Wildman–Crippen MR) is 107 cm³/mol. The first-order chi connectivity index (χ1) is 15.7. The molecule has 0 saturated carbocycles. The first-order valence-corrected chi connectivity index (χ1v) is 11.5. The Morgan fingerprint density at radius 2 is 1.32 bits per heavy atom. The molecule has 0 aromatic rings. The molecular weight excluding hydrogens is 486 g/mol. The minimum absolute atomic E-state index is 0.100. The van der Waals surface area contributed by atoms with E-state index in [4.69, 9.17) is 33.0 Å². The molecule has 1 fully saturated rings. The van der Waals surface area contributed by atoms with Gasteiger partial charge in [0.05, 0.1) is 5.75 Å². The molecule has 34 heavy (non-hydrogen) atoms. The molecule has 1 saturated heterocycles. The number of ether oxygens (including phenoxy) is 6. The van der Waals surface area contributed by atoms with E-state index in [1.807, 2.05) is 0 Å². The van der Waals surface area contributed by atoms with Gasteiger partial charge in [-0.05, 0) is 6.42 Å². The van der Waals surface area contributed by atoms with Gasteiger partial charge in [-0.15, -0.1) is 0 Å². The molecule has 1 aliphatic rings. The Kier molecular flexibility index (Phi) is 11.1. The van der Waals surface area contributed by atoms with Crippen molar-refractivity contribution in [2.45, 2.75) is 64.8 Å². The van der Waals surface area contributed by atoms with Crippen LogP contribution in [0.4, 0.5) is 4.79 Å². The highest BCUT2D eigenvalue weighted by molar-refractivity contribution is 7.85. The van der Waals surface area contributed by atoms with E-state index in [0.29, 0.717) is 0 Å². The molecule has 2 N–H and O–H groups in total. The first kappa shape index (κ1) is 29.1. The second-order valence-electron chi connectivity index (χ2n) is 7.04. The highest BCUT2D eigenvalue weighted by Crippen LogP contribution is 2.30. The van der Waals surface area contributed by atoms with Gasteiger partial charge in [-0.3, -0.25) is 23.7 Å². The zero-order valence-electron chi connectivity index (χ0n) is 18.9. The van der Waals surface area contributed by atoms with Crippen LogP contribution in [0.5, 0.6) is 0 Å². The molecule has 1 rings (SSSR count). The number of alkyl carbamates (subject to hydrolysis) is 1. The quantitative estimate of drug-likeness (QED) is 0.157.